The van der Waals surface area contributed by atoms with Crippen molar-refractivity contribution in [2.75, 3.05) is 11.9 Å². The molecular formula is C14H11FN2. The van der Waals surface area contributed by atoms with Gasteiger partial charge in [-0.15, -0.1) is 0 Å². The van der Waals surface area contributed by atoms with Gasteiger partial charge in [-0.05, 0) is 30.3 Å². The molecule has 0 bridgehead atoms. The smallest absolute Gasteiger partial charge is 0.124 e. The number of para-hydroxylation sites is 1. The van der Waals surface area contributed by atoms with Crippen LogP contribution in [0, 0.1) is 17.1 Å². The van der Waals surface area contributed by atoms with Crippen LogP contribution < -0.4 is 4.90 Å². The molecule has 2 aromatic carbocycles. The third kappa shape index (κ3) is 2.26. The molecule has 17 heavy (non-hydrogen) atoms. The van der Waals surface area contributed by atoms with Crippen LogP contribution in [0.2, 0.25) is 0 Å². The summed E-state index contributed by atoms with van der Waals surface area (Å²) >= 11 is 0. The summed E-state index contributed by atoms with van der Waals surface area (Å²) in [6, 6.07) is 15.8. The molecule has 0 spiro atoms. The normalized spacial score (nSPS) is 9.71. The average molecular weight is 226 g/mol. The highest BCUT2D eigenvalue weighted by Gasteiger charge is 2.09. The van der Waals surface area contributed by atoms with Crippen LogP contribution in [0.1, 0.15) is 5.56 Å². The number of rotatable bonds is 2. The minimum absolute atomic E-state index is 0.330. The number of nitriles is 1. The van der Waals surface area contributed by atoms with E-state index in [4.69, 9.17) is 5.26 Å². The lowest BCUT2D eigenvalue weighted by molar-refractivity contribution is 0.627. The number of anilines is 2. The average Bonchev–Trinajstić information content (AvgIpc) is 2.39. The predicted octanol–water partition coefficient (Wildman–Crippen LogP) is 3.47. The fraction of sp³-hybridized carbons (Fsp3) is 0.0714. The molecule has 0 saturated carbocycles. The monoisotopic (exact) mass is 226 g/mol. The maximum atomic E-state index is 13.0. The summed E-state index contributed by atoms with van der Waals surface area (Å²) in [5.74, 6) is -0.397. The third-order valence-electron chi connectivity index (χ3n) is 2.58. The van der Waals surface area contributed by atoms with Crippen LogP contribution >= 0.6 is 0 Å². The summed E-state index contributed by atoms with van der Waals surface area (Å²) in [5.41, 5.74) is 1.98. The van der Waals surface area contributed by atoms with Crippen LogP contribution in [0.25, 0.3) is 0 Å². The molecule has 0 aliphatic heterocycles. The summed E-state index contributed by atoms with van der Waals surface area (Å²) < 4.78 is 13.0. The Hall–Kier alpha value is -2.34. The Morgan fingerprint density at radius 2 is 1.82 bits per heavy atom. The first-order chi connectivity index (χ1) is 8.22. The fourth-order valence-electron chi connectivity index (χ4n) is 1.68. The molecule has 0 radical (unpaired) electrons. The molecule has 0 aliphatic rings. The second kappa shape index (κ2) is 4.67. The van der Waals surface area contributed by atoms with E-state index in [-0.39, 0.29) is 0 Å². The number of hydrogen-bond acceptors (Lipinski definition) is 2. The largest absolute Gasteiger partial charge is 0.344 e. The molecular weight excluding hydrogens is 215 g/mol. The molecule has 2 aromatic rings. The van der Waals surface area contributed by atoms with Crippen molar-refractivity contribution < 1.29 is 4.39 Å². The van der Waals surface area contributed by atoms with Crippen molar-refractivity contribution in [2.45, 2.75) is 0 Å². The Labute approximate surface area is 99.5 Å². The van der Waals surface area contributed by atoms with Gasteiger partial charge in [0.25, 0.3) is 0 Å². The molecule has 0 aromatic heterocycles. The zero-order valence-corrected chi connectivity index (χ0v) is 9.39. The number of hydrogen-bond donors (Lipinski definition) is 0. The summed E-state index contributed by atoms with van der Waals surface area (Å²) in [6.07, 6.45) is 0. The summed E-state index contributed by atoms with van der Waals surface area (Å²) in [4.78, 5) is 1.86. The quantitative estimate of drug-likeness (QED) is 0.784. The van der Waals surface area contributed by atoms with E-state index in [1.165, 1.54) is 12.1 Å². The van der Waals surface area contributed by atoms with E-state index in [0.717, 1.165) is 5.69 Å². The molecule has 0 amide bonds. The van der Waals surface area contributed by atoms with Crippen LogP contribution in [0.4, 0.5) is 15.8 Å². The van der Waals surface area contributed by atoms with Crippen LogP contribution in [0.15, 0.2) is 48.5 Å². The van der Waals surface area contributed by atoms with E-state index in [2.05, 4.69) is 0 Å². The van der Waals surface area contributed by atoms with Gasteiger partial charge in [-0.2, -0.15) is 5.26 Å². The van der Waals surface area contributed by atoms with E-state index >= 15 is 0 Å². The first-order valence-corrected chi connectivity index (χ1v) is 5.21. The second-order valence-corrected chi connectivity index (χ2v) is 3.67. The summed E-state index contributed by atoms with van der Waals surface area (Å²) in [6.45, 7) is 0. The maximum Gasteiger partial charge on any atom is 0.124 e. The molecule has 0 N–H and O–H groups in total. The van der Waals surface area contributed by atoms with Crippen LogP contribution in [0.5, 0.6) is 0 Å². The van der Waals surface area contributed by atoms with E-state index < -0.39 is 5.82 Å². The summed E-state index contributed by atoms with van der Waals surface area (Å²) in [7, 11) is 1.85. The van der Waals surface area contributed by atoms with Gasteiger partial charge >= 0.3 is 0 Å². The van der Waals surface area contributed by atoms with Gasteiger partial charge in [0.2, 0.25) is 0 Å². The number of benzene rings is 2. The molecule has 0 saturated heterocycles. The molecule has 3 heteroatoms. The Kier molecular flexibility index (Phi) is 3.06. The minimum Gasteiger partial charge on any atom is -0.344 e. The van der Waals surface area contributed by atoms with Gasteiger partial charge < -0.3 is 4.90 Å². The van der Waals surface area contributed by atoms with Crippen LogP contribution in [0.3, 0.4) is 0 Å². The molecule has 0 aliphatic carbocycles. The summed E-state index contributed by atoms with van der Waals surface area (Å²) in [5, 5.41) is 9.00. The second-order valence-electron chi connectivity index (χ2n) is 3.67. The lowest BCUT2D eigenvalue weighted by Gasteiger charge is -2.20. The van der Waals surface area contributed by atoms with Gasteiger partial charge in [0.1, 0.15) is 11.9 Å². The van der Waals surface area contributed by atoms with E-state index in [1.54, 1.807) is 6.07 Å². The van der Waals surface area contributed by atoms with Gasteiger partial charge in [-0.25, -0.2) is 4.39 Å². The zero-order chi connectivity index (χ0) is 12.3. The van der Waals surface area contributed by atoms with Gasteiger partial charge in [0, 0.05) is 12.7 Å². The van der Waals surface area contributed by atoms with Crippen molar-refractivity contribution in [1.82, 2.24) is 0 Å². The highest BCUT2D eigenvalue weighted by atomic mass is 19.1. The van der Waals surface area contributed by atoms with Crippen molar-refractivity contribution in [3.05, 3.63) is 59.9 Å². The lowest BCUT2D eigenvalue weighted by Crippen LogP contribution is -2.10. The minimum atomic E-state index is -0.397. The van der Waals surface area contributed by atoms with E-state index in [0.29, 0.717) is 11.3 Å². The Morgan fingerprint density at radius 1 is 1.12 bits per heavy atom. The van der Waals surface area contributed by atoms with Crippen molar-refractivity contribution >= 4 is 11.4 Å². The van der Waals surface area contributed by atoms with Crippen molar-refractivity contribution in [1.29, 1.82) is 5.26 Å². The molecule has 0 atom stereocenters. The molecule has 0 unspecified atom stereocenters. The van der Waals surface area contributed by atoms with Crippen molar-refractivity contribution in [2.24, 2.45) is 0 Å². The fourth-order valence-corrected chi connectivity index (χ4v) is 1.68. The van der Waals surface area contributed by atoms with Crippen LogP contribution in [-0.2, 0) is 0 Å². The topological polar surface area (TPSA) is 27.0 Å². The Bertz CT molecular complexity index is 558. The van der Waals surface area contributed by atoms with Crippen molar-refractivity contribution in [3.8, 4) is 6.07 Å². The van der Waals surface area contributed by atoms with Gasteiger partial charge in [0.05, 0.1) is 11.3 Å². The first-order valence-electron chi connectivity index (χ1n) is 5.21. The standard InChI is InChI=1S/C14H11FN2/c1-17(13-5-3-2-4-6-13)14-8-7-12(15)9-11(14)10-16/h2-9H,1H3. The maximum absolute atomic E-state index is 13.0. The van der Waals surface area contributed by atoms with Gasteiger partial charge in [-0.3, -0.25) is 0 Å². The Balaban J connectivity index is 2.45. The van der Waals surface area contributed by atoms with E-state index in [9.17, 15) is 4.39 Å². The van der Waals surface area contributed by atoms with Gasteiger partial charge in [-0.1, -0.05) is 18.2 Å². The number of nitrogens with zero attached hydrogens (tertiary/aromatic N) is 2. The highest BCUT2D eigenvalue weighted by Crippen LogP contribution is 2.26. The van der Waals surface area contributed by atoms with E-state index in [1.807, 2.05) is 48.3 Å². The Morgan fingerprint density at radius 3 is 2.47 bits per heavy atom. The van der Waals surface area contributed by atoms with Crippen LogP contribution in [-0.4, -0.2) is 7.05 Å². The molecule has 0 heterocycles. The predicted molar refractivity (Wildman–Crippen MR) is 65.6 cm³/mol. The van der Waals surface area contributed by atoms with Gasteiger partial charge in [0.15, 0.2) is 0 Å². The third-order valence-corrected chi connectivity index (χ3v) is 2.58. The van der Waals surface area contributed by atoms with Crippen molar-refractivity contribution in [3.63, 3.8) is 0 Å². The number of halogens is 1. The molecule has 2 rings (SSSR count). The molecule has 0 fully saturated rings. The molecule has 2 nitrogen and oxygen atoms in total. The molecule has 84 valence electrons. The first kappa shape index (κ1) is 11.2. The highest BCUT2D eigenvalue weighted by molar-refractivity contribution is 5.68. The lowest BCUT2D eigenvalue weighted by atomic mass is 10.1. The zero-order valence-electron chi connectivity index (χ0n) is 9.39. The SMILES string of the molecule is CN(c1ccccc1)c1ccc(F)cc1C#N.